The van der Waals surface area contributed by atoms with Crippen LogP contribution >= 0.6 is 0 Å². The summed E-state index contributed by atoms with van der Waals surface area (Å²) in [6.45, 7) is 1.94. The molecule has 0 saturated heterocycles. The molecule has 0 aliphatic carbocycles. The molecular formula is C4H6O4U. The number of hydrogen-bond donors (Lipinski definition) is 0. The predicted molar refractivity (Wildman–Crippen MR) is 21.4 cm³/mol. The van der Waals surface area contributed by atoms with Gasteiger partial charge in [-0.05, 0) is 13.8 Å². The first-order valence-corrected chi connectivity index (χ1v) is 1.82. The van der Waals surface area contributed by atoms with Crippen molar-refractivity contribution in [2.24, 2.45) is 0 Å². The van der Waals surface area contributed by atoms with Crippen LogP contribution in [0.1, 0.15) is 13.8 Å². The van der Waals surface area contributed by atoms with Crippen LogP contribution < -0.4 is 10.2 Å². The fraction of sp³-hybridized carbons (Fsp3) is 0.500. The van der Waals surface area contributed by atoms with Gasteiger partial charge in [0, 0.05) is 11.9 Å². The Kier molecular flexibility index (Phi) is 19.3. The van der Waals surface area contributed by atoms with Gasteiger partial charge < -0.3 is 19.8 Å². The van der Waals surface area contributed by atoms with Crippen molar-refractivity contribution >= 4 is 11.9 Å². The molecule has 0 rings (SSSR count). The maximum atomic E-state index is 8.89. The van der Waals surface area contributed by atoms with Crippen molar-refractivity contribution in [3.8, 4) is 0 Å². The van der Waals surface area contributed by atoms with E-state index in [0.717, 1.165) is 13.8 Å². The molecule has 0 aliphatic heterocycles. The molecule has 0 aromatic carbocycles. The molecule has 0 aromatic rings. The molecule has 0 radical (unpaired) electrons. The first-order chi connectivity index (χ1) is 3.46. The van der Waals surface area contributed by atoms with E-state index in [9.17, 15) is 0 Å². The van der Waals surface area contributed by atoms with Crippen molar-refractivity contribution in [1.82, 2.24) is 0 Å². The van der Waals surface area contributed by atoms with E-state index in [4.69, 9.17) is 19.8 Å². The number of hydrogen-bond acceptors (Lipinski definition) is 4. The summed E-state index contributed by atoms with van der Waals surface area (Å²) in [7, 11) is 0. The Labute approximate surface area is 76.6 Å². The SMILES string of the molecule is CC(=O)[O-].CC(=O)[O-].[U+2]. The van der Waals surface area contributed by atoms with Crippen LogP contribution in [0.5, 0.6) is 0 Å². The molecule has 0 spiro atoms. The van der Waals surface area contributed by atoms with Gasteiger partial charge in [-0.15, -0.1) is 0 Å². The average molecular weight is 356 g/mol. The first-order valence-electron chi connectivity index (χ1n) is 1.82. The monoisotopic (exact) mass is 356 g/mol. The average Bonchev–Trinajstić information content (AvgIpc) is 1.25. The minimum atomic E-state index is -1.08. The van der Waals surface area contributed by atoms with Crippen LogP contribution in [-0.4, -0.2) is 11.9 Å². The third-order valence-electron chi connectivity index (χ3n) is 0. The van der Waals surface area contributed by atoms with Crippen LogP contribution in [0, 0.1) is 31.1 Å². The van der Waals surface area contributed by atoms with Crippen LogP contribution in [0.2, 0.25) is 0 Å². The van der Waals surface area contributed by atoms with E-state index < -0.39 is 11.9 Å². The first kappa shape index (κ1) is 16.0. The summed E-state index contributed by atoms with van der Waals surface area (Å²) in [6.07, 6.45) is 0. The molecule has 0 saturated carbocycles. The zero-order valence-electron chi connectivity index (χ0n) is 5.13. The van der Waals surface area contributed by atoms with E-state index in [1.165, 1.54) is 0 Å². The number of carboxylic acids is 2. The molecule has 0 aliphatic rings. The van der Waals surface area contributed by atoms with Gasteiger partial charge in [0.1, 0.15) is 0 Å². The van der Waals surface area contributed by atoms with Gasteiger partial charge in [0.2, 0.25) is 0 Å². The molecule has 50 valence electrons. The van der Waals surface area contributed by atoms with Crippen molar-refractivity contribution in [3.05, 3.63) is 0 Å². The Morgan fingerprint density at radius 1 is 1.00 bits per heavy atom. The maximum Gasteiger partial charge on any atom is 2.00 e. The van der Waals surface area contributed by atoms with Gasteiger partial charge in [-0.1, -0.05) is 0 Å². The molecule has 0 fully saturated rings. The molecule has 0 amide bonds. The van der Waals surface area contributed by atoms with Crippen molar-refractivity contribution in [1.29, 1.82) is 0 Å². The predicted octanol–water partition coefficient (Wildman–Crippen LogP) is -2.49. The molecule has 0 N–H and O–H groups in total. The van der Waals surface area contributed by atoms with Crippen LogP contribution in [0.4, 0.5) is 0 Å². The summed E-state index contributed by atoms with van der Waals surface area (Å²) in [5.74, 6) is -2.17. The van der Waals surface area contributed by atoms with E-state index in [1.807, 2.05) is 0 Å². The smallest absolute Gasteiger partial charge is 0.550 e. The van der Waals surface area contributed by atoms with Crippen molar-refractivity contribution in [2.75, 3.05) is 0 Å². The van der Waals surface area contributed by atoms with Gasteiger partial charge in [-0.25, -0.2) is 0 Å². The Hall–Kier alpha value is -0.00805. The molecule has 0 atom stereocenters. The van der Waals surface area contributed by atoms with Gasteiger partial charge in [0.05, 0.1) is 0 Å². The normalized spacial score (nSPS) is 5.56. The third kappa shape index (κ3) is 4430000. The molecule has 0 heterocycles. The van der Waals surface area contributed by atoms with E-state index >= 15 is 0 Å². The summed E-state index contributed by atoms with van der Waals surface area (Å²) in [4.78, 5) is 17.8. The maximum absolute atomic E-state index is 8.89. The second-order valence-corrected chi connectivity index (χ2v) is 0.983. The van der Waals surface area contributed by atoms with Gasteiger partial charge in [0.25, 0.3) is 0 Å². The molecule has 4 nitrogen and oxygen atoms in total. The molecule has 0 unspecified atom stereocenters. The molecular weight excluding hydrogens is 350 g/mol. The number of carbonyl (C=O) groups excluding carboxylic acids is 2. The minimum Gasteiger partial charge on any atom is -0.550 e. The number of carboxylic acid groups (broad SMARTS) is 2. The fourth-order valence-electron chi connectivity index (χ4n) is 0. The van der Waals surface area contributed by atoms with Crippen LogP contribution in [0.3, 0.4) is 0 Å². The van der Waals surface area contributed by atoms with Crippen molar-refractivity contribution in [2.45, 2.75) is 13.8 Å². The van der Waals surface area contributed by atoms with E-state index in [-0.39, 0.29) is 31.1 Å². The van der Waals surface area contributed by atoms with Crippen molar-refractivity contribution < 1.29 is 50.9 Å². The quantitative estimate of drug-likeness (QED) is 0.481. The molecule has 5 heteroatoms. The number of rotatable bonds is 0. The van der Waals surface area contributed by atoms with Crippen LogP contribution in [-0.2, 0) is 9.59 Å². The topological polar surface area (TPSA) is 80.3 Å². The molecule has 9 heavy (non-hydrogen) atoms. The van der Waals surface area contributed by atoms with E-state index in [2.05, 4.69) is 0 Å². The Balaban J connectivity index is -0.0000000720. The van der Waals surface area contributed by atoms with E-state index in [0.29, 0.717) is 0 Å². The van der Waals surface area contributed by atoms with Gasteiger partial charge in [-0.2, -0.15) is 0 Å². The van der Waals surface area contributed by atoms with E-state index in [1.54, 1.807) is 0 Å². The summed E-state index contributed by atoms with van der Waals surface area (Å²) in [5, 5.41) is 17.8. The largest absolute Gasteiger partial charge is 2.00 e. The number of aliphatic carboxylic acids is 2. The molecule has 0 bridgehead atoms. The van der Waals surface area contributed by atoms with Gasteiger partial charge in [0.15, 0.2) is 0 Å². The fourth-order valence-corrected chi connectivity index (χ4v) is 0. The minimum absolute atomic E-state index is 0. The Morgan fingerprint density at radius 3 is 1.00 bits per heavy atom. The standard InChI is InChI=1S/2C2H4O2.U/c2*1-2(3)4;/h2*1H3,(H,3,4);/q;;+2/p-2. The Bertz CT molecular complexity index is 70.6. The van der Waals surface area contributed by atoms with Crippen molar-refractivity contribution in [3.63, 3.8) is 0 Å². The van der Waals surface area contributed by atoms with Gasteiger partial charge >= 0.3 is 31.1 Å². The second-order valence-electron chi connectivity index (χ2n) is 0.983. The zero-order valence-corrected chi connectivity index (χ0v) is 9.30. The second kappa shape index (κ2) is 10.9. The van der Waals surface area contributed by atoms with Crippen LogP contribution in [0.25, 0.3) is 0 Å². The summed E-state index contributed by atoms with van der Waals surface area (Å²) in [6, 6.07) is 0. The van der Waals surface area contributed by atoms with Crippen LogP contribution in [0.15, 0.2) is 0 Å². The summed E-state index contributed by atoms with van der Waals surface area (Å²) >= 11 is 0. The zero-order chi connectivity index (χ0) is 7.15. The molecule has 0 aromatic heterocycles. The van der Waals surface area contributed by atoms with Gasteiger partial charge in [-0.3, -0.25) is 0 Å². The number of carbonyl (C=O) groups is 2. The third-order valence-corrected chi connectivity index (χ3v) is 0. The summed E-state index contributed by atoms with van der Waals surface area (Å²) in [5.41, 5.74) is 0. The Morgan fingerprint density at radius 2 is 1.00 bits per heavy atom. The summed E-state index contributed by atoms with van der Waals surface area (Å²) < 4.78 is 0.